The zero-order chi connectivity index (χ0) is 17.3. The van der Waals surface area contributed by atoms with E-state index in [-0.39, 0.29) is 12.1 Å². The molecule has 128 valence electrons. The van der Waals surface area contributed by atoms with Gasteiger partial charge in [0.15, 0.2) is 0 Å². The third-order valence-electron chi connectivity index (χ3n) is 4.56. The number of likely N-dealkylation sites (tertiary alicyclic amines) is 1. The Labute approximate surface area is 150 Å². The van der Waals surface area contributed by atoms with Crippen molar-refractivity contribution < 1.29 is 9.32 Å². The number of carbonyl (C=O) groups excluding carboxylic acids is 1. The van der Waals surface area contributed by atoms with E-state index in [1.54, 1.807) is 0 Å². The smallest absolute Gasteiger partial charge is 0.322 e. The fraction of sp³-hybridized carbons (Fsp3) is 0.444. The Morgan fingerprint density at radius 2 is 2.25 bits per heavy atom. The lowest BCUT2D eigenvalue weighted by Gasteiger charge is -2.25. The molecule has 1 aliphatic rings. The summed E-state index contributed by atoms with van der Waals surface area (Å²) in [5.74, 6) is 0.886. The first-order valence-corrected chi connectivity index (χ1v) is 9.09. The number of aryl methyl sites for hydroxylation is 3. The molecule has 0 spiro atoms. The molecule has 1 atom stereocenters. The van der Waals surface area contributed by atoms with Gasteiger partial charge in [0.05, 0.1) is 11.7 Å². The van der Waals surface area contributed by atoms with Crippen LogP contribution in [0, 0.1) is 13.8 Å². The van der Waals surface area contributed by atoms with Crippen LogP contribution in [0.25, 0.3) is 0 Å². The molecule has 1 aliphatic heterocycles. The van der Waals surface area contributed by atoms with Crippen molar-refractivity contribution >= 4 is 27.6 Å². The van der Waals surface area contributed by atoms with Crippen molar-refractivity contribution in [2.75, 3.05) is 11.9 Å². The maximum absolute atomic E-state index is 12.8. The van der Waals surface area contributed by atoms with Crippen molar-refractivity contribution in [2.45, 2.75) is 46.1 Å². The summed E-state index contributed by atoms with van der Waals surface area (Å²) in [6.07, 6.45) is 2.72. The number of rotatable bonds is 3. The Balaban J connectivity index is 1.81. The maximum Gasteiger partial charge on any atom is 0.322 e. The number of amides is 2. The highest BCUT2D eigenvalue weighted by Gasteiger charge is 2.34. The third-order valence-corrected chi connectivity index (χ3v) is 5.45. The molecule has 1 fully saturated rings. The number of nitrogens with one attached hydrogen (secondary N) is 1. The fourth-order valence-corrected chi connectivity index (χ4v) is 3.58. The summed E-state index contributed by atoms with van der Waals surface area (Å²) < 4.78 is 6.45. The zero-order valence-corrected chi connectivity index (χ0v) is 15.8. The molecule has 0 unspecified atom stereocenters. The molecule has 0 radical (unpaired) electrons. The fourth-order valence-electron chi connectivity index (χ4n) is 3.33. The van der Waals surface area contributed by atoms with Crippen LogP contribution < -0.4 is 5.32 Å². The average molecular weight is 392 g/mol. The number of aromatic nitrogens is 1. The van der Waals surface area contributed by atoms with Crippen LogP contribution in [0.1, 0.15) is 48.4 Å². The molecule has 2 amide bonds. The Bertz CT molecular complexity index is 757. The number of carbonyl (C=O) groups is 1. The standard InChI is InChI=1S/C18H22BrN3O2/c1-4-16-17(12(3)21-24-16)15-6-5-9-22(15)18(23)20-13-7-8-14(19)11(2)10-13/h7-8,10,15H,4-6,9H2,1-3H3,(H,20,23)/t15-/m1/s1. The summed E-state index contributed by atoms with van der Waals surface area (Å²) in [4.78, 5) is 14.7. The van der Waals surface area contributed by atoms with E-state index in [1.165, 1.54) is 0 Å². The Kier molecular flexibility index (Phi) is 4.94. The van der Waals surface area contributed by atoms with Gasteiger partial charge < -0.3 is 14.7 Å². The highest BCUT2D eigenvalue weighted by atomic mass is 79.9. The Morgan fingerprint density at radius 3 is 2.96 bits per heavy atom. The monoisotopic (exact) mass is 391 g/mol. The van der Waals surface area contributed by atoms with Crippen molar-refractivity contribution in [1.82, 2.24) is 10.1 Å². The molecular formula is C18H22BrN3O2. The first-order valence-electron chi connectivity index (χ1n) is 8.30. The largest absolute Gasteiger partial charge is 0.361 e. The van der Waals surface area contributed by atoms with Crippen LogP contribution in [-0.2, 0) is 6.42 Å². The lowest BCUT2D eigenvalue weighted by atomic mass is 10.0. The van der Waals surface area contributed by atoms with Crippen molar-refractivity contribution in [3.63, 3.8) is 0 Å². The van der Waals surface area contributed by atoms with Gasteiger partial charge in [-0.3, -0.25) is 0 Å². The van der Waals surface area contributed by atoms with Crippen molar-refractivity contribution in [3.8, 4) is 0 Å². The zero-order valence-electron chi connectivity index (χ0n) is 14.2. The molecule has 0 bridgehead atoms. The van der Waals surface area contributed by atoms with E-state index in [0.29, 0.717) is 0 Å². The van der Waals surface area contributed by atoms with Crippen LogP contribution >= 0.6 is 15.9 Å². The second kappa shape index (κ2) is 6.97. The second-order valence-electron chi connectivity index (χ2n) is 6.20. The van der Waals surface area contributed by atoms with Gasteiger partial charge in [-0.25, -0.2) is 4.79 Å². The number of urea groups is 1. The predicted octanol–water partition coefficient (Wildman–Crippen LogP) is 4.99. The van der Waals surface area contributed by atoms with Crippen molar-refractivity contribution in [1.29, 1.82) is 0 Å². The molecule has 1 aromatic carbocycles. The van der Waals surface area contributed by atoms with E-state index in [0.717, 1.165) is 58.5 Å². The van der Waals surface area contributed by atoms with Gasteiger partial charge in [-0.1, -0.05) is 28.0 Å². The van der Waals surface area contributed by atoms with Crippen LogP contribution in [0.3, 0.4) is 0 Å². The SMILES string of the molecule is CCc1onc(C)c1[C@H]1CCCN1C(=O)Nc1ccc(Br)c(C)c1. The molecule has 2 aromatic rings. The van der Waals surface area contributed by atoms with Gasteiger partial charge in [-0.2, -0.15) is 0 Å². The van der Waals surface area contributed by atoms with Gasteiger partial charge in [0.2, 0.25) is 0 Å². The van der Waals surface area contributed by atoms with Gasteiger partial charge >= 0.3 is 6.03 Å². The van der Waals surface area contributed by atoms with Crippen molar-refractivity contribution in [2.24, 2.45) is 0 Å². The van der Waals surface area contributed by atoms with E-state index in [9.17, 15) is 4.79 Å². The van der Waals surface area contributed by atoms with E-state index in [2.05, 4.69) is 26.4 Å². The second-order valence-corrected chi connectivity index (χ2v) is 7.06. The van der Waals surface area contributed by atoms with Gasteiger partial charge in [0.25, 0.3) is 0 Å². The highest BCUT2D eigenvalue weighted by molar-refractivity contribution is 9.10. The van der Waals surface area contributed by atoms with Gasteiger partial charge in [0.1, 0.15) is 5.76 Å². The lowest BCUT2D eigenvalue weighted by Crippen LogP contribution is -2.34. The number of hydrogen-bond donors (Lipinski definition) is 1. The normalized spacial score (nSPS) is 17.3. The van der Waals surface area contributed by atoms with Crippen LogP contribution in [0.5, 0.6) is 0 Å². The molecule has 2 heterocycles. The summed E-state index contributed by atoms with van der Waals surface area (Å²) in [5.41, 5.74) is 3.87. The third kappa shape index (κ3) is 3.20. The molecule has 1 N–H and O–H groups in total. The summed E-state index contributed by atoms with van der Waals surface area (Å²) >= 11 is 3.48. The molecule has 5 nitrogen and oxygen atoms in total. The number of anilines is 1. The number of hydrogen-bond acceptors (Lipinski definition) is 3. The number of benzene rings is 1. The summed E-state index contributed by atoms with van der Waals surface area (Å²) in [5, 5.41) is 7.11. The Morgan fingerprint density at radius 1 is 1.46 bits per heavy atom. The van der Waals surface area contributed by atoms with E-state index >= 15 is 0 Å². The maximum atomic E-state index is 12.8. The van der Waals surface area contributed by atoms with E-state index < -0.39 is 0 Å². The van der Waals surface area contributed by atoms with E-state index in [1.807, 2.05) is 43.9 Å². The molecule has 6 heteroatoms. The Hall–Kier alpha value is -1.82. The first-order chi connectivity index (χ1) is 11.5. The van der Waals surface area contributed by atoms with Crippen LogP contribution in [0.2, 0.25) is 0 Å². The van der Waals surface area contributed by atoms with Crippen LogP contribution in [0.15, 0.2) is 27.2 Å². The number of nitrogens with zero attached hydrogens (tertiary/aromatic N) is 2. The van der Waals surface area contributed by atoms with Gasteiger partial charge in [-0.05, 0) is 50.5 Å². The molecular weight excluding hydrogens is 370 g/mol. The first kappa shape index (κ1) is 17.0. The molecule has 0 saturated carbocycles. The lowest BCUT2D eigenvalue weighted by molar-refractivity contribution is 0.206. The summed E-state index contributed by atoms with van der Waals surface area (Å²) in [6, 6.07) is 5.80. The topological polar surface area (TPSA) is 58.4 Å². The average Bonchev–Trinajstić information content (AvgIpc) is 3.16. The highest BCUT2D eigenvalue weighted by Crippen LogP contribution is 2.36. The van der Waals surface area contributed by atoms with Crippen molar-refractivity contribution in [3.05, 3.63) is 45.3 Å². The van der Waals surface area contributed by atoms with Gasteiger partial charge in [-0.15, -0.1) is 0 Å². The number of halogens is 1. The minimum Gasteiger partial charge on any atom is -0.361 e. The summed E-state index contributed by atoms with van der Waals surface area (Å²) in [6.45, 7) is 6.75. The quantitative estimate of drug-likeness (QED) is 0.801. The van der Waals surface area contributed by atoms with Crippen LogP contribution in [-0.4, -0.2) is 22.6 Å². The molecule has 3 rings (SSSR count). The van der Waals surface area contributed by atoms with Gasteiger partial charge in [0, 0.05) is 28.7 Å². The van der Waals surface area contributed by atoms with E-state index in [4.69, 9.17) is 4.52 Å². The van der Waals surface area contributed by atoms with Crippen LogP contribution in [0.4, 0.5) is 10.5 Å². The minimum atomic E-state index is -0.0677. The predicted molar refractivity (Wildman–Crippen MR) is 97.2 cm³/mol. The molecule has 1 aromatic heterocycles. The molecule has 1 saturated heterocycles. The minimum absolute atomic E-state index is 0.0442. The molecule has 0 aliphatic carbocycles. The molecule has 24 heavy (non-hydrogen) atoms. The summed E-state index contributed by atoms with van der Waals surface area (Å²) in [7, 11) is 0.